The molecule has 0 spiro atoms. The SMILES string of the molecule is C=CCOC(=O)[C@H]1C(=C)NC(=O)N[C@@H]1c1ccc(OC)cc1OC. The number of urea groups is 1. The molecule has 1 aromatic rings. The zero-order valence-electron chi connectivity index (χ0n) is 13.6. The van der Waals surface area contributed by atoms with Gasteiger partial charge < -0.3 is 24.8 Å². The number of carbonyl (C=O) groups excluding carboxylic acids is 2. The molecule has 1 aliphatic rings. The molecular weight excluding hydrogens is 312 g/mol. The zero-order chi connectivity index (χ0) is 17.7. The lowest BCUT2D eigenvalue weighted by molar-refractivity contribution is -0.147. The van der Waals surface area contributed by atoms with Gasteiger partial charge in [0.25, 0.3) is 0 Å². The van der Waals surface area contributed by atoms with Gasteiger partial charge in [0.05, 0.1) is 20.3 Å². The van der Waals surface area contributed by atoms with Gasteiger partial charge >= 0.3 is 12.0 Å². The minimum Gasteiger partial charge on any atom is -0.497 e. The fourth-order valence-corrected chi connectivity index (χ4v) is 2.53. The number of esters is 1. The highest BCUT2D eigenvalue weighted by molar-refractivity contribution is 5.85. The van der Waals surface area contributed by atoms with Crippen LogP contribution in [-0.2, 0) is 9.53 Å². The van der Waals surface area contributed by atoms with Crippen molar-refractivity contribution < 1.29 is 23.8 Å². The second-order valence-corrected chi connectivity index (χ2v) is 5.11. The summed E-state index contributed by atoms with van der Waals surface area (Å²) in [6.07, 6.45) is 1.47. The van der Waals surface area contributed by atoms with E-state index in [4.69, 9.17) is 14.2 Å². The van der Waals surface area contributed by atoms with Crippen LogP contribution < -0.4 is 20.1 Å². The van der Waals surface area contributed by atoms with Crippen LogP contribution in [-0.4, -0.2) is 32.8 Å². The van der Waals surface area contributed by atoms with Gasteiger partial charge in [0.1, 0.15) is 24.0 Å². The number of nitrogens with one attached hydrogen (secondary N) is 2. The molecule has 7 nitrogen and oxygen atoms in total. The van der Waals surface area contributed by atoms with Crippen LogP contribution in [0.15, 0.2) is 43.1 Å². The predicted molar refractivity (Wildman–Crippen MR) is 87.7 cm³/mol. The summed E-state index contributed by atoms with van der Waals surface area (Å²) < 4.78 is 15.7. The summed E-state index contributed by atoms with van der Waals surface area (Å²) in [4.78, 5) is 24.2. The smallest absolute Gasteiger partial charge is 0.319 e. The van der Waals surface area contributed by atoms with Crippen LogP contribution in [0.5, 0.6) is 11.5 Å². The standard InChI is InChI=1S/C17H20N2O5/c1-5-8-24-16(20)14-10(2)18-17(21)19-15(14)12-7-6-11(22-3)9-13(12)23-4/h5-7,9,14-15H,1-2,8H2,3-4H3,(H2,18,19,21)/t14-,15+/m0/s1. The number of ether oxygens (including phenoxy) is 3. The molecule has 2 atom stereocenters. The van der Waals surface area contributed by atoms with Gasteiger partial charge in [0.2, 0.25) is 0 Å². The van der Waals surface area contributed by atoms with Gasteiger partial charge in [-0.25, -0.2) is 4.79 Å². The lowest BCUT2D eigenvalue weighted by Gasteiger charge is -2.33. The van der Waals surface area contributed by atoms with E-state index in [0.29, 0.717) is 17.1 Å². The van der Waals surface area contributed by atoms with Gasteiger partial charge in [-0.2, -0.15) is 0 Å². The third-order valence-electron chi connectivity index (χ3n) is 3.64. The quantitative estimate of drug-likeness (QED) is 0.614. The Morgan fingerprint density at radius 2 is 2.08 bits per heavy atom. The first-order valence-electron chi connectivity index (χ1n) is 7.27. The number of methoxy groups -OCH3 is 2. The Kier molecular flexibility index (Phi) is 5.47. The molecule has 7 heteroatoms. The molecule has 1 aromatic carbocycles. The van der Waals surface area contributed by atoms with E-state index in [9.17, 15) is 9.59 Å². The zero-order valence-corrected chi connectivity index (χ0v) is 13.6. The summed E-state index contributed by atoms with van der Waals surface area (Å²) in [5.41, 5.74) is 0.880. The van der Waals surface area contributed by atoms with E-state index in [1.54, 1.807) is 18.2 Å². The van der Waals surface area contributed by atoms with Crippen LogP contribution in [0.25, 0.3) is 0 Å². The summed E-state index contributed by atoms with van der Waals surface area (Å²) in [5.74, 6) is -0.239. The average molecular weight is 332 g/mol. The van der Waals surface area contributed by atoms with Crippen molar-refractivity contribution in [3.63, 3.8) is 0 Å². The topological polar surface area (TPSA) is 85.9 Å². The number of carbonyl (C=O) groups is 2. The van der Waals surface area contributed by atoms with Gasteiger partial charge in [-0.05, 0) is 12.1 Å². The van der Waals surface area contributed by atoms with Gasteiger partial charge in [-0.1, -0.05) is 19.2 Å². The molecular formula is C17H20N2O5. The number of amides is 2. The number of benzene rings is 1. The summed E-state index contributed by atoms with van der Waals surface area (Å²) in [6, 6.07) is 4.01. The first-order valence-corrected chi connectivity index (χ1v) is 7.27. The van der Waals surface area contributed by atoms with Gasteiger partial charge in [0.15, 0.2) is 0 Å². The van der Waals surface area contributed by atoms with Crippen LogP contribution in [0.1, 0.15) is 11.6 Å². The van der Waals surface area contributed by atoms with E-state index >= 15 is 0 Å². The van der Waals surface area contributed by atoms with Gasteiger partial charge in [-0.3, -0.25) is 4.79 Å². The fourth-order valence-electron chi connectivity index (χ4n) is 2.53. The maximum atomic E-state index is 12.4. The first kappa shape index (κ1) is 17.4. The second kappa shape index (κ2) is 7.54. The summed E-state index contributed by atoms with van der Waals surface area (Å²) in [6.45, 7) is 7.36. The fraction of sp³-hybridized carbons (Fsp3) is 0.294. The summed E-state index contributed by atoms with van der Waals surface area (Å²) in [5, 5.41) is 5.23. The molecule has 2 amide bonds. The molecule has 0 unspecified atom stereocenters. The summed E-state index contributed by atoms with van der Waals surface area (Å²) in [7, 11) is 3.04. The minimum atomic E-state index is -0.801. The summed E-state index contributed by atoms with van der Waals surface area (Å²) >= 11 is 0. The molecule has 1 fully saturated rings. The largest absolute Gasteiger partial charge is 0.497 e. The molecule has 1 aliphatic heterocycles. The first-order chi connectivity index (χ1) is 11.5. The molecule has 0 aromatic heterocycles. The van der Waals surface area contributed by atoms with E-state index in [1.807, 2.05) is 0 Å². The van der Waals surface area contributed by atoms with Gasteiger partial charge in [0, 0.05) is 17.3 Å². The molecule has 1 saturated heterocycles. The lowest BCUT2D eigenvalue weighted by atomic mass is 9.88. The lowest BCUT2D eigenvalue weighted by Crippen LogP contribution is -2.51. The van der Waals surface area contributed by atoms with Crippen LogP contribution in [0.3, 0.4) is 0 Å². The van der Waals surface area contributed by atoms with Crippen LogP contribution in [0.2, 0.25) is 0 Å². The Labute approximate surface area is 140 Å². The number of hydrogen-bond donors (Lipinski definition) is 2. The maximum Gasteiger partial charge on any atom is 0.319 e. The molecule has 128 valence electrons. The van der Waals surface area contributed by atoms with Crippen molar-refractivity contribution in [2.45, 2.75) is 6.04 Å². The molecule has 0 bridgehead atoms. The minimum absolute atomic E-state index is 0.0724. The molecule has 2 rings (SSSR count). The highest BCUT2D eigenvalue weighted by Crippen LogP contribution is 2.37. The van der Waals surface area contributed by atoms with Crippen molar-refractivity contribution in [1.29, 1.82) is 0 Å². The van der Waals surface area contributed by atoms with E-state index in [2.05, 4.69) is 23.8 Å². The van der Waals surface area contributed by atoms with Crippen molar-refractivity contribution in [2.24, 2.45) is 5.92 Å². The molecule has 0 saturated carbocycles. The van der Waals surface area contributed by atoms with Crippen molar-refractivity contribution >= 4 is 12.0 Å². The van der Waals surface area contributed by atoms with E-state index < -0.39 is 24.0 Å². The van der Waals surface area contributed by atoms with E-state index in [1.165, 1.54) is 20.3 Å². The monoisotopic (exact) mass is 332 g/mol. The van der Waals surface area contributed by atoms with Crippen molar-refractivity contribution in [1.82, 2.24) is 10.6 Å². The van der Waals surface area contributed by atoms with Crippen molar-refractivity contribution in [3.05, 3.63) is 48.7 Å². The Balaban J connectivity index is 2.42. The molecule has 2 N–H and O–H groups in total. The van der Waals surface area contributed by atoms with Crippen LogP contribution >= 0.6 is 0 Å². The van der Waals surface area contributed by atoms with Crippen molar-refractivity contribution in [3.8, 4) is 11.5 Å². The Hall–Kier alpha value is -2.96. The van der Waals surface area contributed by atoms with E-state index in [0.717, 1.165) is 0 Å². The van der Waals surface area contributed by atoms with Crippen LogP contribution in [0.4, 0.5) is 4.79 Å². The third-order valence-corrected chi connectivity index (χ3v) is 3.64. The number of hydrogen-bond acceptors (Lipinski definition) is 5. The Bertz CT molecular complexity index is 671. The normalized spacial score (nSPS) is 19.8. The molecule has 0 radical (unpaired) electrons. The van der Waals surface area contributed by atoms with E-state index in [-0.39, 0.29) is 12.3 Å². The Morgan fingerprint density at radius 3 is 2.71 bits per heavy atom. The second-order valence-electron chi connectivity index (χ2n) is 5.11. The highest BCUT2D eigenvalue weighted by Gasteiger charge is 2.40. The Morgan fingerprint density at radius 1 is 1.33 bits per heavy atom. The number of rotatable bonds is 6. The molecule has 24 heavy (non-hydrogen) atoms. The third kappa shape index (κ3) is 3.51. The predicted octanol–water partition coefficient (Wildman–Crippen LogP) is 1.92. The van der Waals surface area contributed by atoms with Gasteiger partial charge in [-0.15, -0.1) is 0 Å². The average Bonchev–Trinajstić information content (AvgIpc) is 2.58. The van der Waals surface area contributed by atoms with Crippen LogP contribution in [0, 0.1) is 5.92 Å². The van der Waals surface area contributed by atoms with Crippen molar-refractivity contribution in [2.75, 3.05) is 20.8 Å². The molecule has 0 aliphatic carbocycles. The molecule has 1 heterocycles. The maximum absolute atomic E-state index is 12.4. The highest BCUT2D eigenvalue weighted by atomic mass is 16.5.